The zero-order valence-corrected chi connectivity index (χ0v) is 14.1. The third-order valence-electron chi connectivity index (χ3n) is 3.54. The molecule has 0 spiro atoms. The number of carbonyl (C=O) groups excluding carboxylic acids is 2. The number of amides is 2. The monoisotopic (exact) mass is 357 g/mol. The summed E-state index contributed by atoms with van der Waals surface area (Å²) in [5, 5.41) is 5.09. The molecule has 1 atom stereocenters. The number of amidine groups is 1. The van der Waals surface area contributed by atoms with Crippen molar-refractivity contribution in [2.75, 3.05) is 5.32 Å². The van der Waals surface area contributed by atoms with Crippen LogP contribution in [0, 0.1) is 5.82 Å². The number of benzene rings is 2. The van der Waals surface area contributed by atoms with E-state index in [0.29, 0.717) is 11.7 Å². The largest absolute Gasteiger partial charge is 0.324 e. The Hall–Kier alpha value is -2.67. The van der Waals surface area contributed by atoms with Crippen LogP contribution in [-0.4, -0.2) is 22.2 Å². The summed E-state index contributed by atoms with van der Waals surface area (Å²) in [4.78, 5) is 28.4. The van der Waals surface area contributed by atoms with E-state index >= 15 is 0 Å². The van der Waals surface area contributed by atoms with E-state index in [2.05, 4.69) is 15.6 Å². The molecule has 1 saturated heterocycles. The Kier molecular flexibility index (Phi) is 5.45. The first-order valence-electron chi connectivity index (χ1n) is 7.72. The molecule has 128 valence electrons. The van der Waals surface area contributed by atoms with Crippen LogP contribution in [-0.2, 0) is 16.1 Å². The minimum atomic E-state index is -0.568. The molecule has 25 heavy (non-hydrogen) atoms. The van der Waals surface area contributed by atoms with Crippen LogP contribution < -0.4 is 10.6 Å². The first-order chi connectivity index (χ1) is 12.1. The van der Waals surface area contributed by atoms with Crippen molar-refractivity contribution in [2.24, 2.45) is 4.99 Å². The Balaban J connectivity index is 1.56. The van der Waals surface area contributed by atoms with Crippen LogP contribution in [0.1, 0.15) is 12.0 Å². The van der Waals surface area contributed by atoms with Gasteiger partial charge >= 0.3 is 0 Å². The molecular weight excluding hydrogens is 341 g/mol. The number of hydrogen-bond acceptors (Lipinski definition) is 4. The second-order valence-electron chi connectivity index (χ2n) is 5.43. The smallest absolute Gasteiger partial charge is 0.240 e. The van der Waals surface area contributed by atoms with Crippen molar-refractivity contribution in [3.05, 3.63) is 66.0 Å². The van der Waals surface area contributed by atoms with E-state index in [4.69, 9.17) is 0 Å². The maximum absolute atomic E-state index is 13.5. The van der Waals surface area contributed by atoms with Crippen LogP contribution in [0.3, 0.4) is 0 Å². The lowest BCUT2D eigenvalue weighted by Crippen LogP contribution is -2.28. The second kappa shape index (κ2) is 7.94. The van der Waals surface area contributed by atoms with E-state index in [-0.39, 0.29) is 18.0 Å². The lowest BCUT2D eigenvalue weighted by atomic mass is 10.2. The number of nitrogens with zero attached hydrogens (tertiary/aromatic N) is 1. The molecule has 2 amide bonds. The maximum Gasteiger partial charge on any atom is 0.240 e. The molecule has 3 rings (SSSR count). The summed E-state index contributed by atoms with van der Waals surface area (Å²) >= 11 is 1.22. The van der Waals surface area contributed by atoms with Gasteiger partial charge in [0.05, 0.1) is 12.2 Å². The Labute approximate surface area is 148 Å². The van der Waals surface area contributed by atoms with Gasteiger partial charge in [-0.15, -0.1) is 0 Å². The number of thioether (sulfide) groups is 1. The molecule has 7 heteroatoms. The number of carbonyl (C=O) groups is 2. The minimum absolute atomic E-state index is 0.0464. The lowest BCUT2D eigenvalue weighted by molar-refractivity contribution is -0.122. The van der Waals surface area contributed by atoms with E-state index in [0.717, 1.165) is 5.56 Å². The predicted molar refractivity (Wildman–Crippen MR) is 96.7 cm³/mol. The Morgan fingerprint density at radius 1 is 1.16 bits per heavy atom. The van der Waals surface area contributed by atoms with E-state index in [1.54, 1.807) is 12.1 Å². The summed E-state index contributed by atoms with van der Waals surface area (Å²) in [6.45, 7) is 0.456. The molecule has 0 aliphatic carbocycles. The zero-order valence-electron chi connectivity index (χ0n) is 13.2. The van der Waals surface area contributed by atoms with Crippen LogP contribution in [0.4, 0.5) is 10.1 Å². The summed E-state index contributed by atoms with van der Waals surface area (Å²) in [5.41, 5.74) is 1.14. The summed E-state index contributed by atoms with van der Waals surface area (Å²) in [6.07, 6.45) is -0.0464. The van der Waals surface area contributed by atoms with Crippen LogP contribution >= 0.6 is 11.8 Å². The van der Waals surface area contributed by atoms with Gasteiger partial charge in [-0.3, -0.25) is 14.6 Å². The fourth-order valence-corrected chi connectivity index (χ4v) is 3.26. The predicted octanol–water partition coefficient (Wildman–Crippen LogP) is 2.94. The van der Waals surface area contributed by atoms with Gasteiger partial charge in [0.2, 0.25) is 11.8 Å². The lowest BCUT2D eigenvalue weighted by Gasteiger charge is -2.08. The second-order valence-corrected chi connectivity index (χ2v) is 6.63. The molecule has 0 bridgehead atoms. The van der Waals surface area contributed by atoms with Gasteiger partial charge < -0.3 is 10.6 Å². The number of para-hydroxylation sites is 1. The highest BCUT2D eigenvalue weighted by Gasteiger charge is 2.32. The molecule has 0 radical (unpaired) electrons. The highest BCUT2D eigenvalue weighted by atomic mass is 32.2. The van der Waals surface area contributed by atoms with Crippen LogP contribution in [0.25, 0.3) is 0 Å². The average Bonchev–Trinajstić information content (AvgIpc) is 2.96. The third-order valence-corrected chi connectivity index (χ3v) is 4.66. The Bertz CT molecular complexity index is 811. The van der Waals surface area contributed by atoms with Crippen molar-refractivity contribution >= 4 is 34.4 Å². The van der Waals surface area contributed by atoms with Gasteiger partial charge in [0.15, 0.2) is 5.17 Å². The first kappa shape index (κ1) is 17.2. The summed E-state index contributed by atoms with van der Waals surface area (Å²) in [6, 6.07) is 15.6. The number of halogens is 1. The topological polar surface area (TPSA) is 70.6 Å². The van der Waals surface area contributed by atoms with E-state index < -0.39 is 17.0 Å². The highest BCUT2D eigenvalue weighted by molar-refractivity contribution is 8.15. The molecule has 2 aromatic rings. The maximum atomic E-state index is 13.5. The SMILES string of the molecule is O=C(C[C@H]1SC(=NCc2ccccc2)NC1=O)Nc1ccccc1F. The van der Waals surface area contributed by atoms with Gasteiger partial charge in [-0.25, -0.2) is 4.39 Å². The van der Waals surface area contributed by atoms with Crippen molar-refractivity contribution in [1.82, 2.24) is 5.32 Å². The van der Waals surface area contributed by atoms with E-state index in [1.807, 2.05) is 30.3 Å². The molecule has 2 N–H and O–H groups in total. The number of rotatable bonds is 5. The molecule has 0 unspecified atom stereocenters. The van der Waals surface area contributed by atoms with Crippen LogP contribution in [0.2, 0.25) is 0 Å². The number of nitrogens with one attached hydrogen (secondary N) is 2. The zero-order chi connectivity index (χ0) is 17.6. The van der Waals surface area contributed by atoms with Gasteiger partial charge in [-0.05, 0) is 17.7 Å². The summed E-state index contributed by atoms with van der Waals surface area (Å²) < 4.78 is 13.5. The van der Waals surface area contributed by atoms with Crippen molar-refractivity contribution < 1.29 is 14.0 Å². The molecule has 1 aliphatic heterocycles. The van der Waals surface area contributed by atoms with Gasteiger partial charge in [-0.2, -0.15) is 0 Å². The standard InChI is InChI=1S/C18H16FN3O2S/c19-13-8-4-5-9-14(13)21-16(23)10-15-17(24)22-18(25-15)20-11-12-6-2-1-3-7-12/h1-9,15H,10-11H2,(H,21,23)(H,20,22,24)/t15-/m1/s1. The highest BCUT2D eigenvalue weighted by Crippen LogP contribution is 2.23. The molecule has 0 saturated carbocycles. The van der Waals surface area contributed by atoms with Crippen molar-refractivity contribution in [3.63, 3.8) is 0 Å². The third kappa shape index (κ3) is 4.67. The minimum Gasteiger partial charge on any atom is -0.324 e. The molecule has 5 nitrogen and oxygen atoms in total. The fraction of sp³-hybridized carbons (Fsp3) is 0.167. The molecule has 0 aromatic heterocycles. The van der Waals surface area contributed by atoms with Crippen LogP contribution in [0.15, 0.2) is 59.6 Å². The van der Waals surface area contributed by atoms with Crippen molar-refractivity contribution in [2.45, 2.75) is 18.2 Å². The van der Waals surface area contributed by atoms with E-state index in [1.165, 1.54) is 23.9 Å². The molecule has 2 aromatic carbocycles. The van der Waals surface area contributed by atoms with Gasteiger partial charge in [0, 0.05) is 6.42 Å². The summed E-state index contributed by atoms with van der Waals surface area (Å²) in [5.74, 6) is -1.19. The van der Waals surface area contributed by atoms with E-state index in [9.17, 15) is 14.0 Å². The number of hydrogen-bond donors (Lipinski definition) is 2. The molecule has 1 aliphatic rings. The average molecular weight is 357 g/mol. The Morgan fingerprint density at radius 3 is 2.64 bits per heavy atom. The quantitative estimate of drug-likeness (QED) is 0.864. The van der Waals surface area contributed by atoms with Crippen LogP contribution in [0.5, 0.6) is 0 Å². The molecule has 1 heterocycles. The molecule has 1 fully saturated rings. The van der Waals surface area contributed by atoms with Gasteiger partial charge in [0.1, 0.15) is 11.1 Å². The normalized spacial score (nSPS) is 18.2. The van der Waals surface area contributed by atoms with Gasteiger partial charge in [0.25, 0.3) is 0 Å². The Morgan fingerprint density at radius 2 is 1.88 bits per heavy atom. The van der Waals surface area contributed by atoms with Crippen molar-refractivity contribution in [3.8, 4) is 0 Å². The number of aliphatic imine (C=N–C) groups is 1. The van der Waals surface area contributed by atoms with Crippen molar-refractivity contribution in [1.29, 1.82) is 0 Å². The van der Waals surface area contributed by atoms with Gasteiger partial charge in [-0.1, -0.05) is 54.2 Å². The fourth-order valence-electron chi connectivity index (χ4n) is 2.29. The first-order valence-corrected chi connectivity index (χ1v) is 8.60. The number of anilines is 1. The molecular formula is C18H16FN3O2S. The summed E-state index contributed by atoms with van der Waals surface area (Å²) in [7, 11) is 0.